The number of H-pyrrole nitrogens is 1. The van der Waals surface area contributed by atoms with Crippen LogP contribution in [0.3, 0.4) is 0 Å². The third-order valence-corrected chi connectivity index (χ3v) is 4.37. The molecule has 1 heterocycles. The number of benzene rings is 2. The van der Waals surface area contributed by atoms with Crippen molar-refractivity contribution in [2.24, 2.45) is 0 Å². The second kappa shape index (κ2) is 8.88. The van der Waals surface area contributed by atoms with Crippen molar-refractivity contribution in [2.45, 2.75) is 19.4 Å². The Labute approximate surface area is 167 Å². The van der Waals surface area contributed by atoms with Crippen molar-refractivity contribution < 1.29 is 19.5 Å². The van der Waals surface area contributed by atoms with Crippen molar-refractivity contribution >= 4 is 34.8 Å². The van der Waals surface area contributed by atoms with Gasteiger partial charge in [-0.05, 0) is 23.3 Å². The lowest BCUT2D eigenvalue weighted by molar-refractivity contribution is -0.141. The van der Waals surface area contributed by atoms with Gasteiger partial charge in [-0.2, -0.15) is 0 Å². The minimum absolute atomic E-state index is 0.0196. The third-order valence-electron chi connectivity index (χ3n) is 4.37. The van der Waals surface area contributed by atoms with Crippen LogP contribution in [0.5, 0.6) is 0 Å². The number of fused-ring (bicyclic) bond motifs is 1. The van der Waals surface area contributed by atoms with E-state index >= 15 is 0 Å². The smallest absolute Gasteiger partial charge is 0.326 e. The molecule has 0 aliphatic carbocycles. The van der Waals surface area contributed by atoms with Crippen molar-refractivity contribution in [2.75, 3.05) is 0 Å². The number of aromatic amines is 1. The van der Waals surface area contributed by atoms with E-state index in [0.29, 0.717) is 5.56 Å². The topological polar surface area (TPSA) is 111 Å². The van der Waals surface area contributed by atoms with E-state index in [1.807, 2.05) is 30.3 Å². The van der Waals surface area contributed by atoms with Gasteiger partial charge in [0.1, 0.15) is 11.7 Å². The first-order valence-electron chi connectivity index (χ1n) is 9.07. The van der Waals surface area contributed by atoms with Crippen LogP contribution in [0.2, 0.25) is 0 Å². The van der Waals surface area contributed by atoms with Gasteiger partial charge in [-0.3, -0.25) is 9.59 Å². The highest BCUT2D eigenvalue weighted by molar-refractivity contribution is 6.02. The average molecular weight is 391 g/mol. The fourth-order valence-corrected chi connectivity index (χ4v) is 3.02. The molecule has 7 nitrogen and oxygen atoms in total. The predicted octanol–water partition coefficient (Wildman–Crippen LogP) is 2.46. The summed E-state index contributed by atoms with van der Waals surface area (Å²) in [5.74, 6) is -2.26. The molecule has 3 rings (SSSR count). The number of carboxylic acid groups (broad SMARTS) is 1. The Hall–Kier alpha value is -3.87. The van der Waals surface area contributed by atoms with Gasteiger partial charge in [0.25, 0.3) is 5.91 Å². The normalized spacial score (nSPS) is 12.4. The molecule has 0 bridgehead atoms. The molecule has 0 saturated heterocycles. The van der Waals surface area contributed by atoms with Crippen LogP contribution in [0, 0.1) is 0 Å². The van der Waals surface area contributed by atoms with Crippen LogP contribution in [-0.2, 0) is 20.8 Å². The molecule has 7 heteroatoms. The molecule has 0 aliphatic rings. The van der Waals surface area contributed by atoms with E-state index in [4.69, 9.17) is 0 Å². The van der Waals surface area contributed by atoms with Gasteiger partial charge >= 0.3 is 5.97 Å². The molecular formula is C22H21N3O4. The number of aliphatic carboxylic acids is 1. The molecule has 3 aromatic rings. The van der Waals surface area contributed by atoms with Crippen molar-refractivity contribution in [1.82, 2.24) is 15.6 Å². The van der Waals surface area contributed by atoms with Crippen molar-refractivity contribution in [3.05, 3.63) is 77.6 Å². The summed E-state index contributed by atoms with van der Waals surface area (Å²) < 4.78 is 0. The van der Waals surface area contributed by atoms with E-state index in [1.165, 1.54) is 13.0 Å². The van der Waals surface area contributed by atoms with E-state index in [2.05, 4.69) is 15.6 Å². The lowest BCUT2D eigenvalue weighted by atomic mass is 10.0. The van der Waals surface area contributed by atoms with Crippen LogP contribution in [-0.4, -0.2) is 33.9 Å². The highest BCUT2D eigenvalue weighted by Crippen LogP contribution is 2.19. The summed E-state index contributed by atoms with van der Waals surface area (Å²) in [6.07, 6.45) is 3.34. The van der Waals surface area contributed by atoms with Crippen molar-refractivity contribution in [3.8, 4) is 0 Å². The fourth-order valence-electron chi connectivity index (χ4n) is 3.02. The molecule has 0 spiro atoms. The molecule has 0 saturated carbocycles. The summed E-state index contributed by atoms with van der Waals surface area (Å²) in [7, 11) is 0. The van der Waals surface area contributed by atoms with Crippen LogP contribution in [0.25, 0.3) is 17.0 Å². The van der Waals surface area contributed by atoms with Gasteiger partial charge < -0.3 is 20.7 Å². The second-order valence-corrected chi connectivity index (χ2v) is 6.58. The summed E-state index contributed by atoms with van der Waals surface area (Å²) >= 11 is 0. The summed E-state index contributed by atoms with van der Waals surface area (Å²) in [4.78, 5) is 39.1. The maximum atomic E-state index is 12.7. The highest BCUT2D eigenvalue weighted by atomic mass is 16.4. The Bertz CT molecular complexity index is 1070. The predicted molar refractivity (Wildman–Crippen MR) is 110 cm³/mol. The van der Waals surface area contributed by atoms with Crippen molar-refractivity contribution in [1.29, 1.82) is 0 Å². The number of para-hydroxylation sites is 1. The zero-order valence-corrected chi connectivity index (χ0v) is 15.8. The van der Waals surface area contributed by atoms with Gasteiger partial charge in [-0.1, -0.05) is 48.5 Å². The van der Waals surface area contributed by atoms with Gasteiger partial charge in [0.2, 0.25) is 5.91 Å². The minimum Gasteiger partial charge on any atom is -0.480 e. The summed E-state index contributed by atoms with van der Waals surface area (Å²) in [6.45, 7) is 1.28. The molecule has 0 radical (unpaired) electrons. The van der Waals surface area contributed by atoms with Gasteiger partial charge in [-0.15, -0.1) is 0 Å². The number of nitrogens with one attached hydrogen (secondary N) is 3. The Morgan fingerprint density at radius 3 is 2.45 bits per heavy atom. The van der Waals surface area contributed by atoms with Crippen LogP contribution >= 0.6 is 0 Å². The third kappa shape index (κ3) is 5.10. The first-order chi connectivity index (χ1) is 13.9. The summed E-state index contributed by atoms with van der Waals surface area (Å²) in [6, 6.07) is 15.3. The van der Waals surface area contributed by atoms with Gasteiger partial charge in [-0.25, -0.2) is 4.79 Å². The number of hydrogen-bond donors (Lipinski definition) is 4. The average Bonchev–Trinajstić information content (AvgIpc) is 3.10. The standard InChI is InChI=1S/C22H21N3O4/c1-14(26)24-19(11-15-7-3-2-4-8-15)21(27)25-20(22(28)29)12-16-13-23-18-10-6-5-9-17(16)18/h2-11,13,20,23H,12H2,1H3,(H,24,26)(H,25,27)(H,28,29)/b19-11+. The zero-order chi connectivity index (χ0) is 20.8. The fraction of sp³-hybridized carbons (Fsp3) is 0.136. The molecule has 1 atom stereocenters. The Morgan fingerprint density at radius 2 is 1.76 bits per heavy atom. The maximum Gasteiger partial charge on any atom is 0.326 e. The molecule has 148 valence electrons. The molecule has 2 amide bonds. The van der Waals surface area contributed by atoms with E-state index in [9.17, 15) is 19.5 Å². The molecule has 0 fully saturated rings. The molecule has 1 aromatic heterocycles. The quantitative estimate of drug-likeness (QED) is 0.464. The summed E-state index contributed by atoms with van der Waals surface area (Å²) in [5.41, 5.74) is 2.35. The number of rotatable bonds is 7. The van der Waals surface area contributed by atoms with Gasteiger partial charge in [0.05, 0.1) is 0 Å². The molecule has 4 N–H and O–H groups in total. The van der Waals surface area contributed by atoms with Gasteiger partial charge in [0, 0.05) is 30.4 Å². The molecular weight excluding hydrogens is 370 g/mol. The molecule has 1 unspecified atom stereocenters. The highest BCUT2D eigenvalue weighted by Gasteiger charge is 2.24. The first-order valence-corrected chi connectivity index (χ1v) is 9.07. The molecule has 29 heavy (non-hydrogen) atoms. The number of aromatic nitrogens is 1. The second-order valence-electron chi connectivity index (χ2n) is 6.58. The van der Waals surface area contributed by atoms with Crippen molar-refractivity contribution in [3.63, 3.8) is 0 Å². The Kier molecular flexibility index (Phi) is 6.09. The van der Waals surface area contributed by atoms with Crippen LogP contribution in [0.1, 0.15) is 18.1 Å². The van der Waals surface area contributed by atoms with Crippen LogP contribution in [0.4, 0.5) is 0 Å². The Balaban J connectivity index is 1.82. The monoisotopic (exact) mass is 391 g/mol. The number of amides is 2. The van der Waals surface area contributed by atoms with Crippen LogP contribution in [0.15, 0.2) is 66.5 Å². The van der Waals surface area contributed by atoms with E-state index in [0.717, 1.165) is 16.5 Å². The lowest BCUT2D eigenvalue weighted by Crippen LogP contribution is -2.45. The lowest BCUT2D eigenvalue weighted by Gasteiger charge is -2.16. The number of carboxylic acids is 1. The number of hydrogen-bond acceptors (Lipinski definition) is 3. The number of carbonyl (C=O) groups excluding carboxylic acids is 2. The van der Waals surface area contributed by atoms with Gasteiger partial charge in [0.15, 0.2) is 0 Å². The number of carbonyl (C=O) groups is 3. The van der Waals surface area contributed by atoms with E-state index < -0.39 is 23.8 Å². The first kappa shape index (κ1) is 19.9. The SMILES string of the molecule is CC(=O)N/C(=C/c1ccccc1)C(=O)NC(Cc1c[nH]c2ccccc12)C(=O)O. The molecule has 0 aliphatic heterocycles. The van der Waals surface area contributed by atoms with E-state index in [-0.39, 0.29) is 12.1 Å². The zero-order valence-electron chi connectivity index (χ0n) is 15.8. The van der Waals surface area contributed by atoms with Crippen LogP contribution < -0.4 is 10.6 Å². The largest absolute Gasteiger partial charge is 0.480 e. The Morgan fingerprint density at radius 1 is 1.07 bits per heavy atom. The maximum absolute atomic E-state index is 12.7. The van der Waals surface area contributed by atoms with E-state index in [1.54, 1.807) is 30.5 Å². The minimum atomic E-state index is -1.16. The molecule has 2 aromatic carbocycles. The summed E-state index contributed by atoms with van der Waals surface area (Å²) in [5, 5.41) is 15.5.